The summed E-state index contributed by atoms with van der Waals surface area (Å²) < 4.78 is 12.4. The molecular weight excluding hydrogens is 356 g/mol. The second-order valence-electron chi connectivity index (χ2n) is 5.78. The van der Waals surface area contributed by atoms with Gasteiger partial charge in [0.25, 0.3) is 0 Å². The second kappa shape index (κ2) is 8.80. The number of urea groups is 1. The lowest BCUT2D eigenvalue weighted by Crippen LogP contribution is -2.30. The average molecular weight is 381 g/mol. The zero-order valence-corrected chi connectivity index (χ0v) is 16.5. The summed E-state index contributed by atoms with van der Waals surface area (Å²) in [6.07, 6.45) is 0.714. The van der Waals surface area contributed by atoms with Crippen molar-refractivity contribution in [3.05, 3.63) is 34.1 Å². The number of ether oxygens (including phenoxy) is 2. The lowest BCUT2D eigenvalue weighted by Gasteiger charge is -2.13. The van der Waals surface area contributed by atoms with Crippen LogP contribution in [0.25, 0.3) is 0 Å². The Kier molecular flexibility index (Phi) is 6.74. The average Bonchev–Trinajstić information content (AvgIpc) is 2.89. The Morgan fingerprint density at radius 1 is 1.23 bits per heavy atom. The summed E-state index contributed by atoms with van der Waals surface area (Å²) in [4.78, 5) is 12.2. The van der Waals surface area contributed by atoms with Gasteiger partial charge in [-0.15, -0.1) is 0 Å². The molecule has 0 spiro atoms. The smallest absolute Gasteiger partial charge is 0.319 e. The lowest BCUT2D eigenvalue weighted by atomic mass is 10.1. The quantitative estimate of drug-likeness (QED) is 0.770. The summed E-state index contributed by atoms with van der Waals surface area (Å²) in [7, 11) is 3.04. The van der Waals surface area contributed by atoms with Crippen molar-refractivity contribution < 1.29 is 14.3 Å². The molecule has 0 radical (unpaired) electrons. The van der Waals surface area contributed by atoms with Crippen LogP contribution in [0.3, 0.4) is 0 Å². The van der Waals surface area contributed by atoms with Crippen LogP contribution in [-0.2, 0) is 13.0 Å². The molecule has 0 aliphatic heterocycles. The van der Waals surface area contributed by atoms with Crippen LogP contribution in [0.1, 0.15) is 23.9 Å². The molecule has 0 saturated carbocycles. The van der Waals surface area contributed by atoms with E-state index in [9.17, 15) is 4.79 Å². The van der Waals surface area contributed by atoms with Gasteiger partial charge < -0.3 is 20.1 Å². The minimum absolute atomic E-state index is 0.331. The Bertz CT molecular complexity index is 789. The van der Waals surface area contributed by atoms with E-state index in [1.54, 1.807) is 12.1 Å². The number of hydrogen-bond donors (Lipinski definition) is 2. The Balaban J connectivity index is 1.97. The van der Waals surface area contributed by atoms with Crippen LogP contribution in [0.4, 0.5) is 10.5 Å². The van der Waals surface area contributed by atoms with Gasteiger partial charge in [-0.2, -0.15) is 5.10 Å². The summed E-state index contributed by atoms with van der Waals surface area (Å²) in [5.74, 6) is 0.950. The number of benzene rings is 1. The van der Waals surface area contributed by atoms with E-state index in [1.165, 1.54) is 14.2 Å². The van der Waals surface area contributed by atoms with Crippen molar-refractivity contribution in [1.82, 2.24) is 15.1 Å². The standard InChI is InChI=1S/C18H25ClN4O3/c1-6-23-12(3)13(11(2)22-23)7-8-20-18(24)21-15-9-14(19)16(25-4)10-17(15)26-5/h9-10H,6-8H2,1-5H3,(H2,20,21,24). The van der Waals surface area contributed by atoms with Crippen molar-refractivity contribution in [2.45, 2.75) is 33.7 Å². The number of nitrogens with zero attached hydrogens (tertiary/aromatic N) is 2. The molecule has 0 atom stereocenters. The minimum Gasteiger partial charge on any atom is -0.495 e. The van der Waals surface area contributed by atoms with Crippen LogP contribution in [0.2, 0.25) is 5.02 Å². The highest BCUT2D eigenvalue weighted by molar-refractivity contribution is 6.32. The molecule has 142 valence electrons. The summed E-state index contributed by atoms with van der Waals surface area (Å²) in [6.45, 7) is 7.41. The van der Waals surface area contributed by atoms with E-state index in [0.717, 1.165) is 23.5 Å². The Morgan fingerprint density at radius 3 is 2.50 bits per heavy atom. The van der Waals surface area contributed by atoms with Gasteiger partial charge in [-0.1, -0.05) is 11.6 Å². The molecule has 2 aromatic rings. The van der Waals surface area contributed by atoms with Gasteiger partial charge in [-0.3, -0.25) is 4.68 Å². The third-order valence-electron chi connectivity index (χ3n) is 4.21. The van der Waals surface area contributed by atoms with Gasteiger partial charge in [0, 0.05) is 24.8 Å². The zero-order chi connectivity index (χ0) is 19.3. The molecule has 1 aromatic carbocycles. The number of carbonyl (C=O) groups excluding carboxylic acids is 1. The van der Waals surface area contributed by atoms with E-state index in [2.05, 4.69) is 22.7 Å². The first kappa shape index (κ1) is 19.9. The number of hydrogen-bond acceptors (Lipinski definition) is 4. The maximum absolute atomic E-state index is 12.2. The second-order valence-corrected chi connectivity index (χ2v) is 6.19. The summed E-state index contributed by atoms with van der Waals surface area (Å²) in [5.41, 5.74) is 3.77. The highest BCUT2D eigenvalue weighted by atomic mass is 35.5. The number of anilines is 1. The van der Waals surface area contributed by atoms with Crippen molar-refractivity contribution in [3.8, 4) is 11.5 Å². The number of amides is 2. The molecule has 0 bridgehead atoms. The van der Waals surface area contributed by atoms with Gasteiger partial charge in [-0.05, 0) is 38.8 Å². The Morgan fingerprint density at radius 2 is 1.92 bits per heavy atom. The summed E-state index contributed by atoms with van der Waals surface area (Å²) in [6, 6.07) is 2.89. The van der Waals surface area contributed by atoms with Crippen molar-refractivity contribution in [3.63, 3.8) is 0 Å². The summed E-state index contributed by atoms with van der Waals surface area (Å²) in [5, 5.41) is 10.5. The Labute approximate surface area is 158 Å². The lowest BCUT2D eigenvalue weighted by molar-refractivity contribution is 0.252. The van der Waals surface area contributed by atoms with Gasteiger partial charge in [0.1, 0.15) is 11.5 Å². The third-order valence-corrected chi connectivity index (χ3v) is 4.51. The number of nitrogens with one attached hydrogen (secondary N) is 2. The van der Waals surface area contributed by atoms with Crippen LogP contribution < -0.4 is 20.1 Å². The van der Waals surface area contributed by atoms with E-state index in [-0.39, 0.29) is 6.03 Å². The zero-order valence-electron chi connectivity index (χ0n) is 15.8. The fourth-order valence-corrected chi connectivity index (χ4v) is 3.07. The number of halogens is 1. The molecule has 0 aliphatic carbocycles. The van der Waals surface area contributed by atoms with Crippen molar-refractivity contribution in [1.29, 1.82) is 0 Å². The molecule has 7 nitrogen and oxygen atoms in total. The minimum atomic E-state index is -0.331. The van der Waals surface area contributed by atoms with Gasteiger partial charge in [0.15, 0.2) is 0 Å². The molecule has 26 heavy (non-hydrogen) atoms. The molecule has 0 unspecified atom stereocenters. The number of methoxy groups -OCH3 is 2. The van der Waals surface area contributed by atoms with E-state index in [0.29, 0.717) is 35.2 Å². The van der Waals surface area contributed by atoms with Crippen LogP contribution in [0.15, 0.2) is 12.1 Å². The fraction of sp³-hybridized carbons (Fsp3) is 0.444. The molecule has 1 heterocycles. The topological polar surface area (TPSA) is 77.4 Å². The monoisotopic (exact) mass is 380 g/mol. The molecule has 2 amide bonds. The van der Waals surface area contributed by atoms with E-state index in [1.807, 2.05) is 18.5 Å². The number of aromatic nitrogens is 2. The molecule has 0 saturated heterocycles. The number of carbonyl (C=O) groups is 1. The number of rotatable bonds is 7. The summed E-state index contributed by atoms with van der Waals surface area (Å²) >= 11 is 6.12. The molecule has 8 heteroatoms. The first-order valence-corrected chi connectivity index (χ1v) is 8.78. The molecule has 1 aromatic heterocycles. The van der Waals surface area contributed by atoms with Gasteiger partial charge in [0.05, 0.1) is 30.6 Å². The number of aryl methyl sites for hydroxylation is 2. The van der Waals surface area contributed by atoms with E-state index >= 15 is 0 Å². The predicted molar refractivity (Wildman–Crippen MR) is 103 cm³/mol. The Hall–Kier alpha value is -2.41. The molecule has 0 fully saturated rings. The van der Waals surface area contributed by atoms with E-state index in [4.69, 9.17) is 21.1 Å². The van der Waals surface area contributed by atoms with Crippen LogP contribution in [0.5, 0.6) is 11.5 Å². The maximum Gasteiger partial charge on any atom is 0.319 e. The maximum atomic E-state index is 12.2. The molecule has 2 rings (SSSR count). The highest BCUT2D eigenvalue weighted by Gasteiger charge is 2.13. The van der Waals surface area contributed by atoms with Crippen LogP contribution in [0, 0.1) is 13.8 Å². The van der Waals surface area contributed by atoms with Crippen molar-refractivity contribution in [2.24, 2.45) is 0 Å². The molecular formula is C18H25ClN4O3. The predicted octanol–water partition coefficient (Wildman–Crippen LogP) is 3.55. The van der Waals surface area contributed by atoms with Gasteiger partial charge in [0.2, 0.25) is 0 Å². The van der Waals surface area contributed by atoms with Crippen molar-refractivity contribution >= 4 is 23.3 Å². The van der Waals surface area contributed by atoms with Crippen LogP contribution >= 0.6 is 11.6 Å². The fourth-order valence-electron chi connectivity index (χ4n) is 2.83. The SMILES string of the molecule is CCn1nc(C)c(CCNC(=O)Nc2cc(Cl)c(OC)cc2OC)c1C. The van der Waals surface area contributed by atoms with Crippen molar-refractivity contribution in [2.75, 3.05) is 26.1 Å². The normalized spacial score (nSPS) is 10.5. The molecule has 2 N–H and O–H groups in total. The van der Waals surface area contributed by atoms with Gasteiger partial charge in [-0.25, -0.2) is 4.79 Å². The first-order valence-electron chi connectivity index (χ1n) is 8.40. The van der Waals surface area contributed by atoms with E-state index < -0.39 is 0 Å². The first-order chi connectivity index (χ1) is 12.4. The largest absolute Gasteiger partial charge is 0.495 e. The van der Waals surface area contributed by atoms with Crippen LogP contribution in [-0.4, -0.2) is 36.6 Å². The highest BCUT2D eigenvalue weighted by Crippen LogP contribution is 2.35. The van der Waals surface area contributed by atoms with Gasteiger partial charge >= 0.3 is 6.03 Å². The molecule has 0 aliphatic rings. The third kappa shape index (κ3) is 4.40.